The van der Waals surface area contributed by atoms with E-state index in [1.165, 1.54) is 0 Å². The minimum atomic E-state index is -0.0993. The van der Waals surface area contributed by atoms with Crippen molar-refractivity contribution in [1.82, 2.24) is 24.1 Å². The van der Waals surface area contributed by atoms with Crippen LogP contribution < -0.4 is 15.0 Å². The Morgan fingerprint density at radius 1 is 0.970 bits per heavy atom. The number of rotatable bonds is 3. The predicted octanol–water partition coefficient (Wildman–Crippen LogP) is 4.33. The third-order valence-corrected chi connectivity index (χ3v) is 6.30. The maximum absolute atomic E-state index is 13.8. The van der Waals surface area contributed by atoms with Gasteiger partial charge in [-0.1, -0.05) is 19.1 Å². The smallest absolute Gasteiger partial charge is 0.265 e. The second-order valence-corrected chi connectivity index (χ2v) is 8.34. The molecule has 0 saturated carbocycles. The summed E-state index contributed by atoms with van der Waals surface area (Å²) in [7, 11) is 0. The zero-order valence-corrected chi connectivity index (χ0v) is 18.7. The van der Waals surface area contributed by atoms with Crippen LogP contribution in [0.3, 0.4) is 0 Å². The highest BCUT2D eigenvalue weighted by Crippen LogP contribution is 2.35. The molecule has 2 aromatic carbocycles. The molecular formula is C25H23N5O3. The van der Waals surface area contributed by atoms with Gasteiger partial charge in [-0.3, -0.25) is 13.9 Å². The highest BCUT2D eigenvalue weighted by atomic mass is 16.6. The van der Waals surface area contributed by atoms with E-state index in [9.17, 15) is 4.79 Å². The summed E-state index contributed by atoms with van der Waals surface area (Å²) < 4.78 is 15.2. The van der Waals surface area contributed by atoms with Crippen molar-refractivity contribution in [1.29, 1.82) is 0 Å². The third-order valence-electron chi connectivity index (χ3n) is 6.30. The first-order valence-corrected chi connectivity index (χ1v) is 11.2. The number of nitrogens with zero attached hydrogens (tertiary/aromatic N) is 5. The summed E-state index contributed by atoms with van der Waals surface area (Å²) in [6.45, 7) is 6.98. The molecular weight excluding hydrogens is 418 g/mol. The van der Waals surface area contributed by atoms with E-state index in [4.69, 9.17) is 24.4 Å². The average molecular weight is 441 g/mol. The summed E-state index contributed by atoms with van der Waals surface area (Å²) in [5.74, 6) is 2.02. The standard InChI is InChI=1S/C25H23N5O3/c1-4-14(2)29-15(3)26-23-21(25(29)31)22-24(28-18-8-6-5-7-17(18)27-22)30(23)16-9-10-19-20(13-16)33-12-11-32-19/h5-10,13-14H,4,11-12H2,1-3H3/t14-/m1/s1. The molecule has 1 atom stereocenters. The fourth-order valence-electron chi connectivity index (χ4n) is 4.53. The summed E-state index contributed by atoms with van der Waals surface area (Å²) in [6, 6.07) is 13.4. The first-order chi connectivity index (χ1) is 16.1. The minimum Gasteiger partial charge on any atom is -0.486 e. The van der Waals surface area contributed by atoms with Gasteiger partial charge in [-0.15, -0.1) is 0 Å². The van der Waals surface area contributed by atoms with Crippen molar-refractivity contribution in [2.45, 2.75) is 33.2 Å². The van der Waals surface area contributed by atoms with E-state index in [0.717, 1.165) is 23.1 Å². The molecule has 0 N–H and O–H groups in total. The number of hydrogen-bond acceptors (Lipinski definition) is 6. The molecule has 6 rings (SSSR count). The maximum atomic E-state index is 13.8. The topological polar surface area (TPSA) is 84.1 Å². The monoisotopic (exact) mass is 441 g/mol. The van der Waals surface area contributed by atoms with Crippen molar-refractivity contribution in [2.24, 2.45) is 0 Å². The number of aryl methyl sites for hydroxylation is 1. The zero-order chi connectivity index (χ0) is 22.7. The SMILES string of the molecule is CC[C@@H](C)n1c(C)nc2c(c1=O)c1nc3ccccc3nc1n2-c1ccc2c(c1)OCCO2. The van der Waals surface area contributed by atoms with Crippen molar-refractivity contribution in [3.05, 3.63) is 58.6 Å². The van der Waals surface area contributed by atoms with Gasteiger partial charge in [0.05, 0.1) is 16.7 Å². The fraction of sp³-hybridized carbons (Fsp3) is 0.280. The van der Waals surface area contributed by atoms with E-state index in [0.29, 0.717) is 52.7 Å². The van der Waals surface area contributed by atoms with E-state index in [2.05, 4.69) is 6.92 Å². The second kappa shape index (κ2) is 7.30. The van der Waals surface area contributed by atoms with Crippen LogP contribution in [-0.2, 0) is 0 Å². The van der Waals surface area contributed by atoms with Crippen LogP contribution in [0.4, 0.5) is 0 Å². The van der Waals surface area contributed by atoms with Gasteiger partial charge in [0.2, 0.25) is 0 Å². The number of benzene rings is 2. The first kappa shape index (κ1) is 19.7. The molecule has 5 aromatic rings. The van der Waals surface area contributed by atoms with Gasteiger partial charge in [-0.2, -0.15) is 0 Å². The molecule has 0 saturated heterocycles. The van der Waals surface area contributed by atoms with Crippen LogP contribution in [0.2, 0.25) is 0 Å². The third kappa shape index (κ3) is 2.90. The molecule has 0 amide bonds. The van der Waals surface area contributed by atoms with Crippen LogP contribution in [0.25, 0.3) is 38.9 Å². The van der Waals surface area contributed by atoms with Crippen molar-refractivity contribution in [3.8, 4) is 17.2 Å². The second-order valence-electron chi connectivity index (χ2n) is 8.34. The lowest BCUT2D eigenvalue weighted by molar-refractivity contribution is 0.171. The molecule has 0 aliphatic carbocycles. The van der Waals surface area contributed by atoms with Crippen LogP contribution in [-0.4, -0.2) is 37.3 Å². The lowest BCUT2D eigenvalue weighted by Crippen LogP contribution is -2.26. The summed E-state index contributed by atoms with van der Waals surface area (Å²) in [5.41, 5.74) is 3.86. The van der Waals surface area contributed by atoms with Crippen molar-refractivity contribution in [3.63, 3.8) is 0 Å². The molecule has 0 bridgehead atoms. The molecule has 166 valence electrons. The van der Waals surface area contributed by atoms with Gasteiger partial charge in [0, 0.05) is 12.1 Å². The van der Waals surface area contributed by atoms with Crippen molar-refractivity contribution in [2.75, 3.05) is 13.2 Å². The van der Waals surface area contributed by atoms with Gasteiger partial charge in [0.1, 0.15) is 29.9 Å². The van der Waals surface area contributed by atoms with E-state index >= 15 is 0 Å². The van der Waals surface area contributed by atoms with Crippen LogP contribution >= 0.6 is 0 Å². The highest BCUT2D eigenvalue weighted by Gasteiger charge is 2.24. The fourth-order valence-corrected chi connectivity index (χ4v) is 4.53. The number of para-hydroxylation sites is 2. The predicted molar refractivity (Wildman–Crippen MR) is 127 cm³/mol. The van der Waals surface area contributed by atoms with Crippen molar-refractivity contribution >= 4 is 33.2 Å². The molecule has 33 heavy (non-hydrogen) atoms. The lowest BCUT2D eigenvalue weighted by Gasteiger charge is -2.19. The van der Waals surface area contributed by atoms with E-state index in [1.807, 2.05) is 60.9 Å². The molecule has 4 heterocycles. The number of hydrogen-bond donors (Lipinski definition) is 0. The van der Waals surface area contributed by atoms with Crippen LogP contribution in [0.15, 0.2) is 47.3 Å². The Kier molecular flexibility index (Phi) is 4.36. The molecule has 8 heteroatoms. The van der Waals surface area contributed by atoms with Gasteiger partial charge >= 0.3 is 0 Å². The number of aromatic nitrogens is 5. The Morgan fingerprint density at radius 3 is 2.45 bits per heavy atom. The molecule has 0 spiro atoms. The molecule has 0 fully saturated rings. The Bertz CT molecular complexity index is 1620. The van der Waals surface area contributed by atoms with Crippen molar-refractivity contribution < 1.29 is 9.47 Å². The van der Waals surface area contributed by atoms with Crippen LogP contribution in [0, 0.1) is 6.92 Å². The Morgan fingerprint density at radius 2 is 1.70 bits per heavy atom. The summed E-state index contributed by atoms with van der Waals surface area (Å²) in [6.07, 6.45) is 0.823. The van der Waals surface area contributed by atoms with E-state index in [-0.39, 0.29) is 11.6 Å². The molecule has 1 aliphatic rings. The normalized spacial score (nSPS) is 14.3. The minimum absolute atomic E-state index is 0.0236. The van der Waals surface area contributed by atoms with Gasteiger partial charge in [-0.05, 0) is 44.5 Å². The number of ether oxygens (including phenoxy) is 2. The van der Waals surface area contributed by atoms with Gasteiger partial charge in [-0.25, -0.2) is 15.0 Å². The summed E-state index contributed by atoms with van der Waals surface area (Å²) in [4.78, 5) is 28.4. The van der Waals surface area contributed by atoms with Crippen LogP contribution in [0.5, 0.6) is 11.5 Å². The summed E-state index contributed by atoms with van der Waals surface area (Å²) >= 11 is 0. The Labute approximate surface area is 189 Å². The van der Waals surface area contributed by atoms with Gasteiger partial charge < -0.3 is 9.47 Å². The van der Waals surface area contributed by atoms with Crippen LogP contribution in [0.1, 0.15) is 32.1 Å². The number of fused-ring (bicyclic) bond motifs is 5. The Hall–Kier alpha value is -3.94. The molecule has 0 unspecified atom stereocenters. The van der Waals surface area contributed by atoms with E-state index in [1.54, 1.807) is 4.57 Å². The maximum Gasteiger partial charge on any atom is 0.265 e. The quantitative estimate of drug-likeness (QED) is 0.414. The van der Waals surface area contributed by atoms with E-state index < -0.39 is 0 Å². The lowest BCUT2D eigenvalue weighted by atomic mass is 10.2. The molecule has 8 nitrogen and oxygen atoms in total. The highest BCUT2D eigenvalue weighted by molar-refractivity contribution is 6.05. The molecule has 0 radical (unpaired) electrons. The largest absolute Gasteiger partial charge is 0.486 e. The summed E-state index contributed by atoms with van der Waals surface area (Å²) in [5, 5.41) is 0.476. The first-order valence-electron chi connectivity index (χ1n) is 11.2. The Balaban J connectivity index is 1.77. The zero-order valence-electron chi connectivity index (χ0n) is 18.7. The molecule has 3 aromatic heterocycles. The average Bonchev–Trinajstić information content (AvgIpc) is 3.14. The molecule has 1 aliphatic heterocycles. The van der Waals surface area contributed by atoms with Gasteiger partial charge in [0.15, 0.2) is 22.8 Å². The van der Waals surface area contributed by atoms with Gasteiger partial charge in [0.25, 0.3) is 5.56 Å².